The van der Waals surface area contributed by atoms with Crippen molar-refractivity contribution in [3.05, 3.63) is 78.3 Å². The largest absolute Gasteiger partial charge is 0.463 e. The van der Waals surface area contributed by atoms with Crippen LogP contribution in [0.15, 0.2) is 45.4 Å². The summed E-state index contributed by atoms with van der Waals surface area (Å²) in [5.41, 5.74) is 2.27. The number of aliphatic imine (C=N–C) groups is 1. The highest BCUT2D eigenvalue weighted by Gasteiger charge is 2.38. The molecular formula is C27H27ClF2N4O2S2. The number of hydrogen-bond acceptors (Lipinski definition) is 8. The van der Waals surface area contributed by atoms with Crippen molar-refractivity contribution in [1.29, 1.82) is 0 Å². The predicted octanol–water partition coefficient (Wildman–Crippen LogP) is 6.98. The Balaban J connectivity index is 1.55. The third kappa shape index (κ3) is 5.26. The number of aromatic nitrogens is 2. The van der Waals surface area contributed by atoms with Crippen molar-refractivity contribution in [1.82, 2.24) is 15.3 Å². The van der Waals surface area contributed by atoms with E-state index in [4.69, 9.17) is 26.3 Å². The number of carbonyl (C=O) groups excluding carboxylic acids is 1. The quantitative estimate of drug-likeness (QED) is 0.243. The van der Waals surface area contributed by atoms with E-state index in [0.29, 0.717) is 22.5 Å². The Morgan fingerprint density at radius 2 is 1.92 bits per heavy atom. The number of rotatable bonds is 7. The van der Waals surface area contributed by atoms with Gasteiger partial charge in [-0.3, -0.25) is 4.99 Å². The second-order valence-corrected chi connectivity index (χ2v) is 11.4. The van der Waals surface area contributed by atoms with Gasteiger partial charge in [0.05, 0.1) is 27.9 Å². The van der Waals surface area contributed by atoms with Gasteiger partial charge in [0.25, 0.3) is 0 Å². The molecule has 1 unspecified atom stereocenters. The van der Waals surface area contributed by atoms with Gasteiger partial charge in [0, 0.05) is 34.1 Å². The molecule has 5 rings (SSSR count). The average molecular weight is 577 g/mol. The van der Waals surface area contributed by atoms with Gasteiger partial charge in [0.2, 0.25) is 0 Å². The van der Waals surface area contributed by atoms with Crippen molar-refractivity contribution in [2.24, 2.45) is 10.9 Å². The van der Waals surface area contributed by atoms with Crippen LogP contribution < -0.4 is 5.32 Å². The summed E-state index contributed by atoms with van der Waals surface area (Å²) in [4.78, 5) is 27.3. The molecule has 0 radical (unpaired) electrons. The summed E-state index contributed by atoms with van der Waals surface area (Å²) in [6.07, 6.45) is 6.06. The van der Waals surface area contributed by atoms with Gasteiger partial charge in [-0.2, -0.15) is 0 Å². The van der Waals surface area contributed by atoms with Crippen LogP contribution in [0.3, 0.4) is 0 Å². The van der Waals surface area contributed by atoms with Crippen molar-refractivity contribution in [2.45, 2.75) is 57.9 Å². The Morgan fingerprint density at radius 1 is 1.16 bits per heavy atom. The molecule has 1 N–H and O–H groups in total. The second-order valence-electron chi connectivity index (χ2n) is 9.23. The first-order chi connectivity index (χ1) is 18.4. The van der Waals surface area contributed by atoms with Crippen LogP contribution in [0.1, 0.15) is 72.8 Å². The third-order valence-electron chi connectivity index (χ3n) is 6.98. The van der Waals surface area contributed by atoms with Gasteiger partial charge >= 0.3 is 5.97 Å². The van der Waals surface area contributed by atoms with Crippen molar-refractivity contribution in [2.75, 3.05) is 6.61 Å². The third-order valence-corrected chi connectivity index (χ3v) is 9.20. The van der Waals surface area contributed by atoms with E-state index in [9.17, 15) is 13.6 Å². The molecule has 6 nitrogen and oxygen atoms in total. The summed E-state index contributed by atoms with van der Waals surface area (Å²) in [5.74, 6) is -1.95. The number of benzene rings is 1. The van der Waals surface area contributed by atoms with Crippen LogP contribution >= 0.6 is 34.3 Å². The van der Waals surface area contributed by atoms with Crippen LogP contribution in [0, 0.1) is 17.6 Å². The Morgan fingerprint density at radius 3 is 2.58 bits per heavy atom. The fraction of sp³-hybridized carbons (Fsp3) is 0.407. The fourth-order valence-corrected chi connectivity index (χ4v) is 6.97. The first-order valence-corrected chi connectivity index (χ1v) is 14.8. The molecule has 2 aliphatic rings. The highest BCUT2D eigenvalue weighted by atomic mass is 35.5. The van der Waals surface area contributed by atoms with E-state index in [1.165, 1.54) is 17.4 Å². The number of hydrogen-bond donors (Lipinski definition) is 1. The van der Waals surface area contributed by atoms with E-state index in [1.807, 2.05) is 5.38 Å². The van der Waals surface area contributed by atoms with Crippen LogP contribution in [-0.4, -0.2) is 28.4 Å². The molecule has 200 valence electrons. The number of halogens is 3. The Hall–Kier alpha value is -2.69. The summed E-state index contributed by atoms with van der Waals surface area (Å²) >= 11 is 9.39. The Bertz CT molecular complexity index is 1380. The minimum absolute atomic E-state index is 0.00768. The number of thiazole rings is 2. The summed E-state index contributed by atoms with van der Waals surface area (Å²) in [6, 6.07) is 1.40. The maximum absolute atomic E-state index is 14.6. The van der Waals surface area contributed by atoms with Gasteiger partial charge in [0.1, 0.15) is 6.04 Å². The Kier molecular flexibility index (Phi) is 8.20. The number of carbonyl (C=O) groups is 1. The van der Waals surface area contributed by atoms with Crippen LogP contribution in [0.5, 0.6) is 0 Å². The van der Waals surface area contributed by atoms with E-state index in [2.05, 4.69) is 22.6 Å². The lowest BCUT2D eigenvalue weighted by molar-refractivity contribution is -0.139. The number of nitrogens with zero attached hydrogens (tertiary/aromatic N) is 3. The van der Waals surface area contributed by atoms with Gasteiger partial charge in [-0.1, -0.05) is 24.6 Å². The molecule has 1 atom stereocenters. The molecule has 3 heterocycles. The maximum Gasteiger partial charge on any atom is 0.338 e. The number of allylic oxidation sites excluding steroid dienone is 1. The molecule has 2 aromatic heterocycles. The minimum atomic E-state index is -1.17. The van der Waals surface area contributed by atoms with Crippen LogP contribution in [-0.2, 0) is 16.0 Å². The lowest BCUT2D eigenvalue weighted by Gasteiger charge is -2.35. The standard InChI is InChI=1S/C27H27ClF2N4O2S2/c1-3-16-13-38-25(32-16)15-7-5-14(6-8-15)22-19(27(35)36-4-2)23(17-9-10-18(29)21(30)20(17)28)34-24(33-22)26-31-11-12-37-26/h9-15,23H,3-8H2,1-2H3,(H,33,34). The Labute approximate surface area is 232 Å². The number of aryl methyl sites for hydroxylation is 1. The zero-order chi connectivity index (χ0) is 26.8. The number of esters is 1. The average Bonchev–Trinajstić information content (AvgIpc) is 3.64. The topological polar surface area (TPSA) is 76.5 Å². The van der Waals surface area contributed by atoms with E-state index < -0.39 is 28.7 Å². The summed E-state index contributed by atoms with van der Waals surface area (Å²) in [7, 11) is 0. The molecule has 1 fully saturated rings. The normalized spacial score (nSPS) is 21.7. The summed E-state index contributed by atoms with van der Waals surface area (Å²) in [5, 5.41) is 8.71. The summed E-state index contributed by atoms with van der Waals surface area (Å²) in [6.45, 7) is 3.99. The smallest absolute Gasteiger partial charge is 0.338 e. The molecule has 11 heteroatoms. The molecule has 3 aromatic rings. The van der Waals surface area contributed by atoms with Crippen molar-refractivity contribution >= 4 is 46.1 Å². The van der Waals surface area contributed by atoms with E-state index in [1.54, 1.807) is 24.5 Å². The molecule has 1 aromatic carbocycles. The van der Waals surface area contributed by atoms with Crippen molar-refractivity contribution < 1.29 is 18.3 Å². The molecule has 1 saturated carbocycles. The first kappa shape index (κ1) is 26.9. The highest BCUT2D eigenvalue weighted by Crippen LogP contribution is 2.44. The molecular weight excluding hydrogens is 550 g/mol. The lowest BCUT2D eigenvalue weighted by Crippen LogP contribution is -2.38. The van der Waals surface area contributed by atoms with Crippen molar-refractivity contribution in [3.63, 3.8) is 0 Å². The number of amidine groups is 1. The van der Waals surface area contributed by atoms with Crippen LogP contribution in [0.25, 0.3) is 0 Å². The van der Waals surface area contributed by atoms with Gasteiger partial charge in [-0.25, -0.2) is 23.5 Å². The first-order valence-electron chi connectivity index (χ1n) is 12.6. The maximum atomic E-state index is 14.6. The molecule has 1 aliphatic heterocycles. The molecule has 0 amide bonds. The monoisotopic (exact) mass is 576 g/mol. The van der Waals surface area contributed by atoms with Gasteiger partial charge in [-0.15, -0.1) is 22.7 Å². The second kappa shape index (κ2) is 11.6. The number of ether oxygens (including phenoxy) is 1. The zero-order valence-corrected chi connectivity index (χ0v) is 23.4. The highest BCUT2D eigenvalue weighted by molar-refractivity contribution is 7.11. The number of nitrogens with one attached hydrogen (secondary N) is 1. The lowest BCUT2D eigenvalue weighted by atomic mass is 9.78. The molecule has 38 heavy (non-hydrogen) atoms. The van der Waals surface area contributed by atoms with Gasteiger partial charge < -0.3 is 10.1 Å². The van der Waals surface area contributed by atoms with Gasteiger partial charge in [0.15, 0.2) is 22.5 Å². The fourth-order valence-electron chi connectivity index (χ4n) is 5.05. The molecule has 0 saturated heterocycles. The molecule has 1 aliphatic carbocycles. The molecule has 0 spiro atoms. The predicted molar refractivity (Wildman–Crippen MR) is 146 cm³/mol. The summed E-state index contributed by atoms with van der Waals surface area (Å²) < 4.78 is 33.9. The van der Waals surface area contributed by atoms with Crippen LogP contribution in [0.2, 0.25) is 5.02 Å². The van der Waals surface area contributed by atoms with Crippen LogP contribution in [0.4, 0.5) is 8.78 Å². The van der Waals surface area contributed by atoms with Gasteiger partial charge in [-0.05, 0) is 51.0 Å². The van der Waals surface area contributed by atoms with E-state index >= 15 is 0 Å². The SMILES string of the molecule is CCOC(=O)C1=C(C2CCC(c3nc(CC)cs3)CC2)NC(c2nccs2)=NC1c1ccc(F)c(F)c1Cl. The molecule has 0 bridgehead atoms. The van der Waals surface area contributed by atoms with E-state index in [-0.39, 0.29) is 23.7 Å². The van der Waals surface area contributed by atoms with Crippen molar-refractivity contribution in [3.8, 4) is 0 Å². The minimum Gasteiger partial charge on any atom is -0.463 e. The van der Waals surface area contributed by atoms with E-state index in [0.717, 1.165) is 48.9 Å². The zero-order valence-electron chi connectivity index (χ0n) is 21.0.